The van der Waals surface area contributed by atoms with Crippen LogP contribution in [0.25, 0.3) is 10.9 Å². The first kappa shape index (κ1) is 13.1. The second-order valence-corrected chi connectivity index (χ2v) is 4.41. The monoisotopic (exact) mass is 260 g/mol. The van der Waals surface area contributed by atoms with Crippen molar-refractivity contribution < 1.29 is 14.7 Å². The van der Waals surface area contributed by atoms with Crippen molar-refractivity contribution in [3.05, 3.63) is 30.0 Å². The van der Waals surface area contributed by atoms with Crippen LogP contribution in [0.15, 0.2) is 24.4 Å². The smallest absolute Gasteiger partial charge is 0.220 e. The van der Waals surface area contributed by atoms with E-state index in [9.17, 15) is 14.7 Å². The summed E-state index contributed by atoms with van der Waals surface area (Å²) in [5.74, 6) is 0.0217. The standard InChI is InChI=1S/C14H16N2O3/c1-2-14(19)16-10(8-17)5-9-7-15-13-4-3-11(18)6-12(9)13/h3-4,6-8,10,15,18H,2,5H2,1H3,(H,16,19). The average molecular weight is 260 g/mol. The molecule has 0 saturated carbocycles. The van der Waals surface area contributed by atoms with Crippen LogP contribution in [0.1, 0.15) is 18.9 Å². The van der Waals surface area contributed by atoms with Gasteiger partial charge in [0.25, 0.3) is 0 Å². The lowest BCUT2D eigenvalue weighted by Crippen LogP contribution is -2.37. The van der Waals surface area contributed by atoms with Gasteiger partial charge in [0.05, 0.1) is 6.04 Å². The van der Waals surface area contributed by atoms with E-state index in [4.69, 9.17) is 0 Å². The maximum Gasteiger partial charge on any atom is 0.220 e. The van der Waals surface area contributed by atoms with Crippen LogP contribution in [0.5, 0.6) is 5.75 Å². The molecule has 0 aliphatic heterocycles. The van der Waals surface area contributed by atoms with E-state index in [1.165, 1.54) is 0 Å². The van der Waals surface area contributed by atoms with Crippen molar-refractivity contribution in [2.75, 3.05) is 0 Å². The van der Waals surface area contributed by atoms with E-state index in [1.807, 2.05) is 0 Å². The van der Waals surface area contributed by atoms with E-state index in [-0.39, 0.29) is 11.7 Å². The number of hydrogen-bond acceptors (Lipinski definition) is 3. The summed E-state index contributed by atoms with van der Waals surface area (Å²) in [4.78, 5) is 25.4. The summed E-state index contributed by atoms with van der Waals surface area (Å²) in [6.07, 6.45) is 3.27. The van der Waals surface area contributed by atoms with Crippen molar-refractivity contribution in [3.8, 4) is 5.75 Å². The van der Waals surface area contributed by atoms with Gasteiger partial charge in [-0.25, -0.2) is 0 Å². The quantitative estimate of drug-likeness (QED) is 0.713. The largest absolute Gasteiger partial charge is 0.508 e. The van der Waals surface area contributed by atoms with Crippen LogP contribution in [-0.4, -0.2) is 28.3 Å². The molecule has 5 heteroatoms. The first-order valence-corrected chi connectivity index (χ1v) is 6.17. The molecule has 1 aromatic heterocycles. The fourth-order valence-electron chi connectivity index (χ4n) is 2.01. The van der Waals surface area contributed by atoms with Gasteiger partial charge >= 0.3 is 0 Å². The fourth-order valence-corrected chi connectivity index (χ4v) is 2.01. The van der Waals surface area contributed by atoms with E-state index in [0.717, 1.165) is 22.8 Å². The summed E-state index contributed by atoms with van der Waals surface area (Å²) < 4.78 is 0. The van der Waals surface area contributed by atoms with Gasteiger partial charge in [-0.2, -0.15) is 0 Å². The van der Waals surface area contributed by atoms with Gasteiger partial charge in [0.2, 0.25) is 5.91 Å². The number of carbonyl (C=O) groups is 2. The highest BCUT2D eigenvalue weighted by atomic mass is 16.3. The number of carbonyl (C=O) groups excluding carboxylic acids is 2. The lowest BCUT2D eigenvalue weighted by molar-refractivity contribution is -0.123. The number of aromatic hydroxyl groups is 1. The number of hydrogen-bond donors (Lipinski definition) is 3. The van der Waals surface area contributed by atoms with Gasteiger partial charge in [0.15, 0.2) is 0 Å². The summed E-state index contributed by atoms with van der Waals surface area (Å²) in [7, 11) is 0. The summed E-state index contributed by atoms with van der Waals surface area (Å²) in [6, 6.07) is 4.46. The van der Waals surface area contributed by atoms with Crippen molar-refractivity contribution in [3.63, 3.8) is 0 Å². The number of H-pyrrole nitrogens is 1. The number of aromatic nitrogens is 1. The molecule has 1 amide bonds. The van der Waals surface area contributed by atoms with Crippen molar-refractivity contribution in [1.82, 2.24) is 10.3 Å². The van der Waals surface area contributed by atoms with Gasteiger partial charge in [-0.3, -0.25) is 4.79 Å². The second-order valence-electron chi connectivity index (χ2n) is 4.41. The van der Waals surface area contributed by atoms with Crippen LogP contribution in [0.4, 0.5) is 0 Å². The van der Waals surface area contributed by atoms with E-state index in [2.05, 4.69) is 10.3 Å². The first-order chi connectivity index (χ1) is 9.13. The average Bonchev–Trinajstić information content (AvgIpc) is 2.80. The molecule has 1 atom stereocenters. The number of phenolic OH excluding ortho intramolecular Hbond substituents is 1. The van der Waals surface area contributed by atoms with Crippen molar-refractivity contribution in [2.24, 2.45) is 0 Å². The zero-order valence-electron chi connectivity index (χ0n) is 10.6. The second kappa shape index (κ2) is 5.56. The molecule has 1 aromatic carbocycles. The van der Waals surface area contributed by atoms with Gasteiger partial charge in [-0.15, -0.1) is 0 Å². The van der Waals surface area contributed by atoms with Crippen LogP contribution in [0.2, 0.25) is 0 Å². The van der Waals surface area contributed by atoms with Gasteiger partial charge in [-0.1, -0.05) is 6.92 Å². The number of phenols is 1. The SMILES string of the molecule is CCC(=O)NC(C=O)Cc1c[nH]c2ccc(O)cc12. The van der Waals surface area contributed by atoms with Gasteiger partial charge < -0.3 is 20.2 Å². The number of aldehydes is 1. The third kappa shape index (κ3) is 2.93. The van der Waals surface area contributed by atoms with Crippen LogP contribution in [0.3, 0.4) is 0 Å². The fraction of sp³-hybridized carbons (Fsp3) is 0.286. The van der Waals surface area contributed by atoms with Crippen molar-refractivity contribution in [1.29, 1.82) is 0 Å². The van der Waals surface area contributed by atoms with Gasteiger partial charge in [-0.05, 0) is 23.8 Å². The number of fused-ring (bicyclic) bond motifs is 1. The van der Waals surface area contributed by atoms with Crippen molar-refractivity contribution >= 4 is 23.1 Å². The topological polar surface area (TPSA) is 82.2 Å². The molecule has 0 aliphatic rings. The van der Waals surface area contributed by atoms with Gasteiger partial charge in [0.1, 0.15) is 12.0 Å². The van der Waals surface area contributed by atoms with E-state index >= 15 is 0 Å². The number of benzene rings is 1. The van der Waals surface area contributed by atoms with Crippen molar-refractivity contribution in [2.45, 2.75) is 25.8 Å². The maximum absolute atomic E-state index is 11.3. The highest BCUT2D eigenvalue weighted by molar-refractivity contribution is 5.85. The molecule has 0 saturated heterocycles. The molecule has 0 bridgehead atoms. The minimum absolute atomic E-state index is 0.153. The van der Waals surface area contributed by atoms with E-state index in [1.54, 1.807) is 31.3 Å². The highest BCUT2D eigenvalue weighted by Gasteiger charge is 2.13. The molecule has 0 radical (unpaired) electrons. The van der Waals surface area contributed by atoms with Crippen LogP contribution in [-0.2, 0) is 16.0 Å². The number of amides is 1. The Morgan fingerprint density at radius 1 is 1.53 bits per heavy atom. The molecule has 5 nitrogen and oxygen atoms in total. The lowest BCUT2D eigenvalue weighted by Gasteiger charge is -2.11. The number of aromatic amines is 1. The molecule has 0 aliphatic carbocycles. The summed E-state index contributed by atoms with van der Waals surface area (Å²) in [6.45, 7) is 1.74. The first-order valence-electron chi connectivity index (χ1n) is 6.17. The molecular formula is C14H16N2O3. The molecule has 0 fully saturated rings. The Hall–Kier alpha value is -2.30. The summed E-state index contributed by atoms with van der Waals surface area (Å²) in [5, 5.41) is 13.0. The van der Waals surface area contributed by atoms with E-state index < -0.39 is 6.04 Å². The van der Waals surface area contributed by atoms with Crippen LogP contribution in [0, 0.1) is 0 Å². The molecule has 1 unspecified atom stereocenters. The zero-order valence-corrected chi connectivity index (χ0v) is 10.6. The Morgan fingerprint density at radius 2 is 2.32 bits per heavy atom. The Balaban J connectivity index is 2.22. The Kier molecular flexibility index (Phi) is 3.85. The molecule has 2 rings (SSSR count). The predicted octanol–water partition coefficient (Wildman–Crippen LogP) is 1.51. The van der Waals surface area contributed by atoms with Crippen LogP contribution < -0.4 is 5.32 Å². The Morgan fingerprint density at radius 3 is 3.00 bits per heavy atom. The minimum Gasteiger partial charge on any atom is -0.508 e. The zero-order chi connectivity index (χ0) is 13.8. The molecule has 100 valence electrons. The summed E-state index contributed by atoms with van der Waals surface area (Å²) in [5.41, 5.74) is 1.78. The molecular weight excluding hydrogens is 244 g/mol. The third-order valence-corrected chi connectivity index (χ3v) is 3.02. The Labute approximate surface area is 110 Å². The molecule has 19 heavy (non-hydrogen) atoms. The van der Waals surface area contributed by atoms with Gasteiger partial charge in [0, 0.05) is 29.9 Å². The predicted molar refractivity (Wildman–Crippen MR) is 72.0 cm³/mol. The molecule has 2 aromatic rings. The number of nitrogens with one attached hydrogen (secondary N) is 2. The third-order valence-electron chi connectivity index (χ3n) is 3.02. The molecule has 0 spiro atoms. The normalized spacial score (nSPS) is 12.3. The number of rotatable bonds is 5. The molecule has 3 N–H and O–H groups in total. The Bertz CT molecular complexity index is 604. The van der Waals surface area contributed by atoms with E-state index in [0.29, 0.717) is 12.8 Å². The minimum atomic E-state index is -0.547. The van der Waals surface area contributed by atoms with Crippen LogP contribution >= 0.6 is 0 Å². The maximum atomic E-state index is 11.3. The molecule has 1 heterocycles. The lowest BCUT2D eigenvalue weighted by atomic mass is 10.1. The summed E-state index contributed by atoms with van der Waals surface area (Å²) >= 11 is 0. The highest BCUT2D eigenvalue weighted by Crippen LogP contribution is 2.23.